The zero-order valence-electron chi connectivity index (χ0n) is 16.9. The van der Waals surface area contributed by atoms with E-state index in [1.807, 2.05) is 37.3 Å². The molecule has 1 heterocycles. The van der Waals surface area contributed by atoms with E-state index in [1.54, 1.807) is 6.21 Å². The molecule has 2 N–H and O–H groups in total. The first-order valence-corrected chi connectivity index (χ1v) is 10.8. The maximum Gasteiger partial charge on any atom is 0.291 e. The number of carbonyl (C=O) groups is 1. The summed E-state index contributed by atoms with van der Waals surface area (Å²) >= 11 is 0. The fourth-order valence-electron chi connectivity index (χ4n) is 6.19. The van der Waals surface area contributed by atoms with Crippen LogP contribution in [0, 0.1) is 17.8 Å². The number of ether oxygens (including phenoxy) is 1. The van der Waals surface area contributed by atoms with Gasteiger partial charge >= 0.3 is 0 Å². The number of aromatic amines is 1. The van der Waals surface area contributed by atoms with Crippen LogP contribution in [0.4, 0.5) is 0 Å². The van der Waals surface area contributed by atoms with E-state index >= 15 is 0 Å². The van der Waals surface area contributed by atoms with Gasteiger partial charge in [0, 0.05) is 11.1 Å². The number of carbonyl (C=O) groups excluding carboxylic acids is 1. The van der Waals surface area contributed by atoms with Gasteiger partial charge in [0.25, 0.3) is 5.91 Å². The van der Waals surface area contributed by atoms with Crippen LogP contribution in [0.5, 0.6) is 5.75 Å². The minimum absolute atomic E-state index is 0.214. The van der Waals surface area contributed by atoms with Crippen molar-refractivity contribution in [3.05, 3.63) is 47.3 Å². The Morgan fingerprint density at radius 3 is 2.48 bits per heavy atom. The topological polar surface area (TPSA) is 79.4 Å². The average molecular weight is 393 g/mol. The predicted molar refractivity (Wildman–Crippen MR) is 111 cm³/mol. The molecule has 6 rings (SSSR count). The Bertz CT molecular complexity index is 880. The molecular formula is C23H28N4O2. The van der Waals surface area contributed by atoms with E-state index in [0.29, 0.717) is 12.3 Å². The SMILES string of the molecule is CCOc1ccc(/C=N\NC(=O)c2cc(C34CC5CC(CC(C5)C3)C4)[nH]n2)cc1. The van der Waals surface area contributed by atoms with Crippen molar-refractivity contribution in [2.45, 2.75) is 50.9 Å². The smallest absolute Gasteiger partial charge is 0.291 e. The second-order valence-corrected chi connectivity index (χ2v) is 9.07. The Hall–Kier alpha value is -2.63. The van der Waals surface area contributed by atoms with Crippen LogP contribution in [0.1, 0.15) is 67.2 Å². The van der Waals surface area contributed by atoms with Gasteiger partial charge in [0.1, 0.15) is 5.75 Å². The van der Waals surface area contributed by atoms with Gasteiger partial charge in [-0.2, -0.15) is 10.2 Å². The number of aromatic nitrogens is 2. The monoisotopic (exact) mass is 392 g/mol. The molecule has 1 aromatic heterocycles. The summed E-state index contributed by atoms with van der Waals surface area (Å²) in [5, 5.41) is 11.6. The van der Waals surface area contributed by atoms with Crippen molar-refractivity contribution in [1.29, 1.82) is 0 Å². The van der Waals surface area contributed by atoms with Gasteiger partial charge in [-0.1, -0.05) is 0 Å². The number of rotatable bonds is 6. The van der Waals surface area contributed by atoms with Crippen molar-refractivity contribution in [3.63, 3.8) is 0 Å². The molecular weight excluding hydrogens is 364 g/mol. The highest BCUT2D eigenvalue weighted by molar-refractivity contribution is 5.93. The van der Waals surface area contributed by atoms with Crippen LogP contribution in [-0.2, 0) is 5.41 Å². The molecule has 2 aromatic rings. The number of H-pyrrole nitrogens is 1. The predicted octanol–water partition coefficient (Wildman–Crippen LogP) is 4.04. The van der Waals surface area contributed by atoms with Crippen LogP contribution in [0.2, 0.25) is 0 Å². The van der Waals surface area contributed by atoms with E-state index in [4.69, 9.17) is 4.74 Å². The van der Waals surface area contributed by atoms with Crippen molar-refractivity contribution in [3.8, 4) is 5.75 Å². The second kappa shape index (κ2) is 7.32. The lowest BCUT2D eigenvalue weighted by atomic mass is 9.49. The number of amides is 1. The van der Waals surface area contributed by atoms with Gasteiger partial charge in [-0.3, -0.25) is 9.89 Å². The minimum Gasteiger partial charge on any atom is -0.494 e. The third-order valence-electron chi connectivity index (χ3n) is 6.99. The van der Waals surface area contributed by atoms with Gasteiger partial charge in [-0.05, 0) is 99.1 Å². The van der Waals surface area contributed by atoms with Gasteiger partial charge in [-0.25, -0.2) is 5.43 Å². The highest BCUT2D eigenvalue weighted by Gasteiger charge is 2.52. The van der Waals surface area contributed by atoms with Crippen molar-refractivity contribution >= 4 is 12.1 Å². The summed E-state index contributed by atoms with van der Waals surface area (Å²) in [7, 11) is 0. The Morgan fingerprint density at radius 1 is 1.21 bits per heavy atom. The van der Waals surface area contributed by atoms with Crippen LogP contribution in [0.25, 0.3) is 0 Å². The van der Waals surface area contributed by atoms with Crippen LogP contribution >= 0.6 is 0 Å². The average Bonchev–Trinajstić information content (AvgIpc) is 3.20. The quantitative estimate of drug-likeness (QED) is 0.575. The van der Waals surface area contributed by atoms with E-state index in [0.717, 1.165) is 34.8 Å². The first-order chi connectivity index (χ1) is 14.1. The Balaban J connectivity index is 1.23. The van der Waals surface area contributed by atoms with E-state index in [9.17, 15) is 4.79 Å². The molecule has 0 atom stereocenters. The van der Waals surface area contributed by atoms with Crippen molar-refractivity contribution < 1.29 is 9.53 Å². The first-order valence-electron chi connectivity index (χ1n) is 10.8. The molecule has 4 fully saturated rings. The van der Waals surface area contributed by atoms with Gasteiger partial charge in [0.15, 0.2) is 5.69 Å². The summed E-state index contributed by atoms with van der Waals surface area (Å²) in [6.45, 7) is 2.59. The van der Waals surface area contributed by atoms with Crippen molar-refractivity contribution in [2.24, 2.45) is 22.9 Å². The standard InChI is InChI=1S/C23H28N4O2/c1-2-29-19-5-3-15(4-6-19)14-24-27-22(28)20-10-21(26-25-20)23-11-16-7-17(12-23)9-18(8-16)13-23/h3-6,10,14,16-18H,2,7-9,11-13H2,1H3,(H,25,26)(H,27,28)/b24-14-. The molecule has 0 spiro atoms. The van der Waals surface area contributed by atoms with Crippen LogP contribution in [0.15, 0.2) is 35.4 Å². The van der Waals surface area contributed by atoms with Gasteiger partial charge in [-0.15, -0.1) is 0 Å². The fourth-order valence-corrected chi connectivity index (χ4v) is 6.19. The van der Waals surface area contributed by atoms with Crippen LogP contribution in [-0.4, -0.2) is 28.9 Å². The summed E-state index contributed by atoms with van der Waals surface area (Å²) in [6, 6.07) is 9.53. The summed E-state index contributed by atoms with van der Waals surface area (Å²) < 4.78 is 5.43. The molecule has 4 aliphatic rings. The Kier molecular flexibility index (Phi) is 4.64. The number of hydrazone groups is 1. The third kappa shape index (κ3) is 3.56. The third-order valence-corrected chi connectivity index (χ3v) is 6.99. The Labute approximate surface area is 171 Å². The van der Waals surface area contributed by atoms with Crippen LogP contribution in [0.3, 0.4) is 0 Å². The van der Waals surface area contributed by atoms with Gasteiger partial charge < -0.3 is 4.74 Å². The molecule has 4 aliphatic carbocycles. The second-order valence-electron chi connectivity index (χ2n) is 9.07. The zero-order chi connectivity index (χ0) is 19.8. The molecule has 29 heavy (non-hydrogen) atoms. The molecule has 0 radical (unpaired) electrons. The number of hydrogen-bond donors (Lipinski definition) is 2. The maximum atomic E-state index is 12.5. The molecule has 0 unspecified atom stereocenters. The highest BCUT2D eigenvalue weighted by Crippen LogP contribution is 2.60. The molecule has 4 saturated carbocycles. The molecule has 1 amide bonds. The lowest BCUT2D eigenvalue weighted by molar-refractivity contribution is -0.00721. The number of nitrogens with zero attached hydrogens (tertiary/aromatic N) is 2. The largest absolute Gasteiger partial charge is 0.494 e. The molecule has 0 saturated heterocycles. The van der Waals surface area contributed by atoms with E-state index in [2.05, 4.69) is 20.7 Å². The van der Waals surface area contributed by atoms with Gasteiger partial charge in [0.2, 0.25) is 0 Å². The van der Waals surface area contributed by atoms with Gasteiger partial charge in [0.05, 0.1) is 12.8 Å². The van der Waals surface area contributed by atoms with Crippen molar-refractivity contribution in [1.82, 2.24) is 15.6 Å². The summed E-state index contributed by atoms with van der Waals surface area (Å²) in [5.74, 6) is 3.13. The highest BCUT2D eigenvalue weighted by atomic mass is 16.5. The molecule has 0 aliphatic heterocycles. The van der Waals surface area contributed by atoms with Crippen molar-refractivity contribution in [2.75, 3.05) is 6.61 Å². The Morgan fingerprint density at radius 2 is 1.86 bits per heavy atom. The zero-order valence-corrected chi connectivity index (χ0v) is 16.9. The molecule has 6 nitrogen and oxygen atoms in total. The lowest BCUT2D eigenvalue weighted by Crippen LogP contribution is -2.48. The molecule has 1 aromatic carbocycles. The summed E-state index contributed by atoms with van der Waals surface area (Å²) in [6.07, 6.45) is 9.58. The van der Waals surface area contributed by atoms with E-state index in [1.165, 1.54) is 38.5 Å². The number of hydrogen-bond acceptors (Lipinski definition) is 4. The number of nitrogens with one attached hydrogen (secondary N) is 2. The van der Waals surface area contributed by atoms with Crippen LogP contribution < -0.4 is 10.2 Å². The summed E-state index contributed by atoms with van der Waals surface area (Å²) in [5.41, 5.74) is 5.27. The van der Waals surface area contributed by atoms with E-state index < -0.39 is 0 Å². The molecule has 152 valence electrons. The number of benzene rings is 1. The molecule has 6 heteroatoms. The summed E-state index contributed by atoms with van der Waals surface area (Å²) in [4.78, 5) is 12.5. The minimum atomic E-state index is -0.278. The molecule has 4 bridgehead atoms. The maximum absolute atomic E-state index is 12.5. The fraction of sp³-hybridized carbons (Fsp3) is 0.522. The lowest BCUT2D eigenvalue weighted by Gasteiger charge is -2.56. The first kappa shape index (κ1) is 18.4. The normalized spacial score (nSPS) is 30.0. The van der Waals surface area contributed by atoms with E-state index in [-0.39, 0.29) is 11.3 Å².